The Hall–Kier alpha value is -0.730. The number of aromatic nitrogens is 2. The molecule has 20 heavy (non-hydrogen) atoms. The van der Waals surface area contributed by atoms with E-state index in [1.54, 1.807) is 4.90 Å². The van der Waals surface area contributed by atoms with Gasteiger partial charge in [0.2, 0.25) is 5.13 Å². The number of rotatable bonds is 5. The first kappa shape index (κ1) is 15.7. The number of nitrogens with zero attached hydrogens (tertiary/aromatic N) is 4. The van der Waals surface area contributed by atoms with E-state index < -0.39 is 6.23 Å². The van der Waals surface area contributed by atoms with E-state index in [-0.39, 0.29) is 11.0 Å². The highest BCUT2D eigenvalue weighted by atomic mass is 79.9. The van der Waals surface area contributed by atoms with Crippen LogP contribution in [0.1, 0.15) is 38.1 Å². The van der Waals surface area contributed by atoms with Gasteiger partial charge < -0.3 is 10.0 Å². The second-order valence-electron chi connectivity index (χ2n) is 4.77. The second-order valence-corrected chi connectivity index (χ2v) is 7.14. The summed E-state index contributed by atoms with van der Waals surface area (Å²) < 4.78 is 0. The Kier molecular flexibility index (Phi) is 5.34. The monoisotopic (exact) mass is 362 g/mol. The van der Waals surface area contributed by atoms with Crippen molar-refractivity contribution in [3.8, 4) is 0 Å². The number of amides is 2. The maximum absolute atomic E-state index is 12.4. The number of carbonyl (C=O) groups excluding carboxylic acids is 1. The molecule has 1 fully saturated rings. The molecule has 2 atom stereocenters. The number of aliphatic hydroxyl groups excluding tert-OH is 1. The minimum atomic E-state index is -0.822. The highest BCUT2D eigenvalue weighted by molar-refractivity contribution is 9.09. The van der Waals surface area contributed by atoms with Crippen LogP contribution in [0.4, 0.5) is 9.93 Å². The number of unbranched alkanes of at least 4 members (excludes halogenated alkanes) is 1. The summed E-state index contributed by atoms with van der Waals surface area (Å²) in [5.74, 6) is 0. The lowest BCUT2D eigenvalue weighted by molar-refractivity contribution is 0.108. The van der Waals surface area contributed by atoms with Gasteiger partial charge in [-0.1, -0.05) is 40.6 Å². The fourth-order valence-corrected chi connectivity index (χ4v) is 3.35. The fourth-order valence-electron chi connectivity index (χ4n) is 2.06. The maximum Gasteiger partial charge on any atom is 0.329 e. The van der Waals surface area contributed by atoms with Gasteiger partial charge in [-0.25, -0.2) is 9.69 Å². The third-order valence-corrected chi connectivity index (χ3v) is 4.69. The minimum absolute atomic E-state index is 0.0718. The van der Waals surface area contributed by atoms with Crippen LogP contribution in [0, 0.1) is 0 Å². The Morgan fingerprint density at radius 1 is 1.55 bits per heavy atom. The lowest BCUT2D eigenvalue weighted by atomic mass is 10.2. The number of carbonyl (C=O) groups is 1. The maximum atomic E-state index is 12.4. The van der Waals surface area contributed by atoms with E-state index in [0.29, 0.717) is 18.1 Å². The average Bonchev–Trinajstić information content (AvgIpc) is 2.84. The van der Waals surface area contributed by atoms with Crippen molar-refractivity contribution in [1.29, 1.82) is 0 Å². The Morgan fingerprint density at radius 3 is 2.95 bits per heavy atom. The zero-order valence-corrected chi connectivity index (χ0v) is 14.0. The number of aliphatic hydroxyl groups is 1. The molecular weight excluding hydrogens is 344 g/mol. The van der Waals surface area contributed by atoms with Crippen molar-refractivity contribution in [3.05, 3.63) is 5.01 Å². The molecule has 1 saturated heterocycles. The first-order valence-electron chi connectivity index (χ1n) is 6.79. The van der Waals surface area contributed by atoms with E-state index in [1.807, 2.05) is 6.92 Å². The van der Waals surface area contributed by atoms with Gasteiger partial charge in [0.1, 0.15) is 11.2 Å². The van der Waals surface area contributed by atoms with E-state index in [9.17, 15) is 9.90 Å². The quantitative estimate of drug-likeness (QED) is 0.645. The molecule has 0 aromatic carbocycles. The Labute approximate surface area is 130 Å². The van der Waals surface area contributed by atoms with Crippen molar-refractivity contribution in [1.82, 2.24) is 15.1 Å². The zero-order chi connectivity index (χ0) is 14.7. The average molecular weight is 363 g/mol. The number of hydrogen-bond donors (Lipinski definition) is 1. The van der Waals surface area contributed by atoms with Gasteiger partial charge in [-0.15, -0.1) is 10.2 Å². The van der Waals surface area contributed by atoms with Crippen LogP contribution in [-0.4, -0.2) is 44.0 Å². The van der Waals surface area contributed by atoms with Crippen molar-refractivity contribution in [3.63, 3.8) is 0 Å². The molecule has 1 aromatic rings. The van der Waals surface area contributed by atoms with Crippen LogP contribution in [0.3, 0.4) is 0 Å². The molecule has 0 aliphatic carbocycles. The highest BCUT2D eigenvalue weighted by Crippen LogP contribution is 2.29. The number of anilines is 1. The molecule has 1 aliphatic rings. The fraction of sp³-hybridized carbons (Fsp3) is 0.750. The molecule has 0 spiro atoms. The molecule has 6 nitrogen and oxygen atoms in total. The van der Waals surface area contributed by atoms with E-state index >= 15 is 0 Å². The van der Waals surface area contributed by atoms with Gasteiger partial charge in [0.05, 0.1) is 4.95 Å². The number of hydrogen-bond acceptors (Lipinski definition) is 5. The van der Waals surface area contributed by atoms with Crippen LogP contribution >= 0.6 is 27.3 Å². The van der Waals surface area contributed by atoms with Crippen LogP contribution in [0.15, 0.2) is 0 Å². The topological polar surface area (TPSA) is 69.6 Å². The van der Waals surface area contributed by atoms with Gasteiger partial charge in [0.15, 0.2) is 0 Å². The Morgan fingerprint density at radius 2 is 2.30 bits per heavy atom. The van der Waals surface area contributed by atoms with E-state index in [0.717, 1.165) is 24.3 Å². The van der Waals surface area contributed by atoms with Crippen molar-refractivity contribution in [2.45, 2.75) is 50.7 Å². The van der Waals surface area contributed by atoms with Crippen molar-refractivity contribution in [2.75, 3.05) is 11.4 Å². The number of alkyl halides is 1. The molecule has 112 valence electrons. The molecule has 1 N–H and O–H groups in total. The van der Waals surface area contributed by atoms with E-state index in [4.69, 9.17) is 0 Å². The van der Waals surface area contributed by atoms with Crippen molar-refractivity contribution in [2.24, 2.45) is 0 Å². The lowest BCUT2D eigenvalue weighted by Crippen LogP contribution is -2.56. The van der Waals surface area contributed by atoms with Gasteiger partial charge >= 0.3 is 6.03 Å². The third-order valence-electron chi connectivity index (χ3n) is 3.21. The highest BCUT2D eigenvalue weighted by Gasteiger charge is 2.36. The second kappa shape index (κ2) is 6.82. The molecule has 0 saturated carbocycles. The van der Waals surface area contributed by atoms with Gasteiger partial charge in [-0.3, -0.25) is 0 Å². The number of aryl methyl sites for hydroxylation is 1. The Bertz CT molecular complexity index is 468. The van der Waals surface area contributed by atoms with Gasteiger partial charge in [0.25, 0.3) is 0 Å². The normalized spacial score (nSPS) is 21.4. The van der Waals surface area contributed by atoms with Crippen molar-refractivity contribution < 1.29 is 9.90 Å². The SMILES string of the molecule is CCCCc1nnc(N2C(=O)N(C(C)Br)CCC2O)s1. The van der Waals surface area contributed by atoms with Crippen LogP contribution < -0.4 is 4.90 Å². The van der Waals surface area contributed by atoms with Crippen LogP contribution in [-0.2, 0) is 6.42 Å². The number of urea groups is 1. The molecular formula is C12H19BrN4O2S. The first-order valence-corrected chi connectivity index (χ1v) is 8.52. The van der Waals surface area contributed by atoms with Crippen molar-refractivity contribution >= 4 is 38.4 Å². The lowest BCUT2D eigenvalue weighted by Gasteiger charge is -2.38. The molecule has 8 heteroatoms. The van der Waals surface area contributed by atoms with E-state index in [2.05, 4.69) is 33.1 Å². The molecule has 0 radical (unpaired) electrons. The predicted octanol–water partition coefficient (Wildman–Crippen LogP) is 2.57. The van der Waals surface area contributed by atoms with Crippen LogP contribution in [0.2, 0.25) is 0 Å². The predicted molar refractivity (Wildman–Crippen MR) is 82.1 cm³/mol. The molecule has 1 aromatic heterocycles. The molecule has 2 rings (SSSR count). The van der Waals surface area contributed by atoms with Gasteiger partial charge in [-0.2, -0.15) is 0 Å². The summed E-state index contributed by atoms with van der Waals surface area (Å²) in [6.45, 7) is 4.54. The third kappa shape index (κ3) is 3.29. The standard InChI is InChI=1S/C12H19BrN4O2S/c1-3-4-5-9-14-15-11(20-9)17-10(18)6-7-16(8(2)13)12(17)19/h8,10,18H,3-7H2,1-2H3. The van der Waals surface area contributed by atoms with E-state index in [1.165, 1.54) is 16.2 Å². The van der Waals surface area contributed by atoms with Crippen LogP contribution in [0.25, 0.3) is 0 Å². The molecule has 0 bridgehead atoms. The zero-order valence-electron chi connectivity index (χ0n) is 11.6. The molecule has 2 unspecified atom stereocenters. The van der Waals surface area contributed by atoms with Crippen LogP contribution in [0.5, 0.6) is 0 Å². The molecule has 2 amide bonds. The summed E-state index contributed by atoms with van der Waals surface area (Å²) in [4.78, 5) is 15.3. The Balaban J connectivity index is 2.16. The summed E-state index contributed by atoms with van der Waals surface area (Å²) in [5.41, 5.74) is 0. The molecule has 1 aliphatic heterocycles. The summed E-state index contributed by atoms with van der Waals surface area (Å²) in [7, 11) is 0. The summed E-state index contributed by atoms with van der Waals surface area (Å²) in [6.07, 6.45) is 2.69. The largest absolute Gasteiger partial charge is 0.373 e. The summed E-state index contributed by atoms with van der Waals surface area (Å²) >= 11 is 4.78. The summed E-state index contributed by atoms with van der Waals surface area (Å²) in [5, 5.41) is 19.6. The smallest absolute Gasteiger partial charge is 0.329 e. The molecule has 2 heterocycles. The summed E-state index contributed by atoms with van der Waals surface area (Å²) in [6, 6.07) is -0.230. The van der Waals surface area contributed by atoms with Gasteiger partial charge in [0, 0.05) is 19.4 Å². The van der Waals surface area contributed by atoms with Gasteiger partial charge in [-0.05, 0) is 13.3 Å². The minimum Gasteiger partial charge on any atom is -0.373 e. The first-order chi connectivity index (χ1) is 9.54. The number of halogens is 1.